The smallest absolute Gasteiger partial charge is 0.336 e. The third kappa shape index (κ3) is 2.94. The highest BCUT2D eigenvalue weighted by Crippen LogP contribution is 2.20. The summed E-state index contributed by atoms with van der Waals surface area (Å²) in [7, 11) is 0. The van der Waals surface area contributed by atoms with Gasteiger partial charge in [-0.25, -0.2) is 9.18 Å². The average molecular weight is 283 g/mol. The van der Waals surface area contributed by atoms with Crippen molar-refractivity contribution in [2.75, 3.05) is 5.32 Å². The second kappa shape index (κ2) is 5.40. The molecular weight excluding hydrogens is 269 g/mol. The lowest BCUT2D eigenvalue weighted by molar-refractivity contribution is 0.559. The molecule has 2 aromatic carbocycles. The molecule has 1 aromatic heterocycles. The number of halogens is 1. The number of fused-ring (bicyclic) bond motifs is 1. The summed E-state index contributed by atoms with van der Waals surface area (Å²) in [6, 6.07) is 13.3. The van der Waals surface area contributed by atoms with Crippen LogP contribution in [0.4, 0.5) is 10.1 Å². The van der Waals surface area contributed by atoms with Crippen LogP contribution in [0.25, 0.3) is 11.0 Å². The molecule has 3 rings (SSSR count). The van der Waals surface area contributed by atoms with Crippen LogP contribution in [0.3, 0.4) is 0 Å². The summed E-state index contributed by atoms with van der Waals surface area (Å²) in [5.74, 6) is -0.276. The number of rotatable bonds is 3. The number of hydrogen-bond donors (Lipinski definition) is 1. The van der Waals surface area contributed by atoms with Gasteiger partial charge in [0.15, 0.2) is 0 Å². The van der Waals surface area contributed by atoms with Crippen LogP contribution in [0.1, 0.15) is 11.1 Å². The molecule has 4 heteroatoms. The number of aryl methyl sites for hydroxylation is 1. The molecule has 0 unspecified atom stereocenters. The Morgan fingerprint density at radius 2 is 1.86 bits per heavy atom. The summed E-state index contributed by atoms with van der Waals surface area (Å²) in [4.78, 5) is 11.6. The van der Waals surface area contributed by atoms with Crippen molar-refractivity contribution in [3.05, 3.63) is 75.9 Å². The van der Waals surface area contributed by atoms with E-state index in [4.69, 9.17) is 4.42 Å². The molecule has 0 aliphatic heterocycles. The van der Waals surface area contributed by atoms with Gasteiger partial charge in [0.1, 0.15) is 11.4 Å². The van der Waals surface area contributed by atoms with E-state index in [-0.39, 0.29) is 11.4 Å². The minimum Gasteiger partial charge on any atom is -0.423 e. The lowest BCUT2D eigenvalue weighted by Gasteiger charge is -2.09. The first-order chi connectivity index (χ1) is 10.1. The first-order valence-corrected chi connectivity index (χ1v) is 6.65. The van der Waals surface area contributed by atoms with Crippen molar-refractivity contribution in [2.24, 2.45) is 0 Å². The van der Waals surface area contributed by atoms with Crippen molar-refractivity contribution in [1.29, 1.82) is 0 Å². The average Bonchev–Trinajstić information content (AvgIpc) is 2.47. The molecule has 0 bridgehead atoms. The maximum atomic E-state index is 12.9. The fraction of sp³-hybridized carbons (Fsp3) is 0.118. The Hall–Kier alpha value is -2.62. The van der Waals surface area contributed by atoms with Gasteiger partial charge in [-0.15, -0.1) is 0 Å². The highest BCUT2D eigenvalue weighted by molar-refractivity contribution is 5.81. The van der Waals surface area contributed by atoms with Crippen LogP contribution >= 0.6 is 0 Å². The molecule has 0 saturated carbocycles. The second-order valence-corrected chi connectivity index (χ2v) is 4.95. The molecule has 0 saturated heterocycles. The predicted molar refractivity (Wildman–Crippen MR) is 80.9 cm³/mol. The number of benzene rings is 2. The molecule has 0 aliphatic carbocycles. The topological polar surface area (TPSA) is 42.2 Å². The van der Waals surface area contributed by atoms with Gasteiger partial charge in [0.2, 0.25) is 0 Å². The van der Waals surface area contributed by atoms with Gasteiger partial charge in [0.25, 0.3) is 0 Å². The van der Waals surface area contributed by atoms with E-state index in [1.54, 1.807) is 18.2 Å². The van der Waals surface area contributed by atoms with Gasteiger partial charge in [-0.05, 0) is 48.9 Å². The van der Waals surface area contributed by atoms with Gasteiger partial charge in [-0.2, -0.15) is 0 Å². The van der Waals surface area contributed by atoms with Crippen molar-refractivity contribution in [3.8, 4) is 0 Å². The lowest BCUT2D eigenvalue weighted by atomic mass is 10.1. The molecular formula is C17H14FNO2. The third-order valence-corrected chi connectivity index (χ3v) is 3.31. The van der Waals surface area contributed by atoms with Crippen molar-refractivity contribution in [1.82, 2.24) is 0 Å². The summed E-state index contributed by atoms with van der Waals surface area (Å²) in [5.41, 5.74) is 2.95. The van der Waals surface area contributed by atoms with Crippen molar-refractivity contribution in [2.45, 2.75) is 13.5 Å². The first kappa shape index (κ1) is 13.4. The number of anilines is 1. The molecule has 0 radical (unpaired) electrons. The second-order valence-electron chi connectivity index (χ2n) is 4.95. The van der Waals surface area contributed by atoms with E-state index in [1.807, 2.05) is 19.1 Å². The van der Waals surface area contributed by atoms with Crippen LogP contribution in [0.15, 0.2) is 57.7 Å². The van der Waals surface area contributed by atoms with E-state index in [0.29, 0.717) is 12.1 Å². The molecule has 0 amide bonds. The molecule has 3 nitrogen and oxygen atoms in total. The van der Waals surface area contributed by atoms with E-state index in [9.17, 15) is 9.18 Å². The van der Waals surface area contributed by atoms with E-state index in [2.05, 4.69) is 5.32 Å². The SMILES string of the molecule is Cc1ccc2oc(=O)cc(CNc3ccc(F)cc3)c2c1. The Labute approximate surface area is 121 Å². The molecule has 3 aromatic rings. The highest BCUT2D eigenvalue weighted by atomic mass is 19.1. The van der Waals surface area contributed by atoms with Gasteiger partial charge in [-0.1, -0.05) is 11.6 Å². The van der Waals surface area contributed by atoms with Gasteiger partial charge in [0.05, 0.1) is 0 Å². The molecule has 106 valence electrons. The Kier molecular flexibility index (Phi) is 3.44. The van der Waals surface area contributed by atoms with E-state index < -0.39 is 0 Å². The summed E-state index contributed by atoms with van der Waals surface area (Å²) in [6.45, 7) is 2.46. The van der Waals surface area contributed by atoms with Gasteiger partial charge in [0, 0.05) is 23.7 Å². The van der Waals surface area contributed by atoms with Crippen LogP contribution < -0.4 is 10.9 Å². The fourth-order valence-electron chi connectivity index (χ4n) is 2.25. The monoisotopic (exact) mass is 283 g/mol. The number of nitrogens with one attached hydrogen (secondary N) is 1. The van der Waals surface area contributed by atoms with Crippen molar-refractivity contribution >= 4 is 16.7 Å². The molecule has 1 N–H and O–H groups in total. The van der Waals surface area contributed by atoms with Gasteiger partial charge in [-0.3, -0.25) is 0 Å². The zero-order chi connectivity index (χ0) is 14.8. The Balaban J connectivity index is 1.94. The summed E-state index contributed by atoms with van der Waals surface area (Å²) in [6.07, 6.45) is 0. The Bertz CT molecular complexity index is 838. The zero-order valence-electron chi connectivity index (χ0n) is 11.5. The quantitative estimate of drug-likeness (QED) is 0.742. The van der Waals surface area contributed by atoms with Gasteiger partial charge >= 0.3 is 5.63 Å². The molecule has 1 heterocycles. The van der Waals surface area contributed by atoms with Crippen LogP contribution in [0.5, 0.6) is 0 Å². The Morgan fingerprint density at radius 1 is 1.10 bits per heavy atom. The van der Waals surface area contributed by atoms with Crippen LogP contribution in [0.2, 0.25) is 0 Å². The maximum Gasteiger partial charge on any atom is 0.336 e. The molecule has 0 fully saturated rings. The van der Waals surface area contributed by atoms with Crippen LogP contribution in [-0.4, -0.2) is 0 Å². The molecule has 0 aliphatic rings. The molecule has 21 heavy (non-hydrogen) atoms. The minimum atomic E-state index is -0.373. The lowest BCUT2D eigenvalue weighted by Crippen LogP contribution is -2.06. The minimum absolute atomic E-state index is 0.276. The zero-order valence-corrected chi connectivity index (χ0v) is 11.5. The van der Waals surface area contributed by atoms with Crippen LogP contribution in [-0.2, 0) is 6.54 Å². The third-order valence-electron chi connectivity index (χ3n) is 3.31. The Morgan fingerprint density at radius 3 is 2.62 bits per heavy atom. The summed E-state index contributed by atoms with van der Waals surface area (Å²) < 4.78 is 18.1. The van der Waals surface area contributed by atoms with E-state index in [0.717, 1.165) is 22.2 Å². The number of hydrogen-bond acceptors (Lipinski definition) is 3. The van der Waals surface area contributed by atoms with Crippen molar-refractivity contribution < 1.29 is 8.81 Å². The van der Waals surface area contributed by atoms with Crippen molar-refractivity contribution in [3.63, 3.8) is 0 Å². The largest absolute Gasteiger partial charge is 0.423 e. The molecule has 0 spiro atoms. The maximum absolute atomic E-state index is 12.9. The highest BCUT2D eigenvalue weighted by Gasteiger charge is 2.06. The van der Waals surface area contributed by atoms with E-state index >= 15 is 0 Å². The van der Waals surface area contributed by atoms with E-state index in [1.165, 1.54) is 18.2 Å². The summed E-state index contributed by atoms with van der Waals surface area (Å²) >= 11 is 0. The molecule has 0 atom stereocenters. The predicted octanol–water partition coefficient (Wildman–Crippen LogP) is 3.85. The standard InChI is InChI=1S/C17H14FNO2/c1-11-2-7-16-15(8-11)12(9-17(20)21-16)10-19-14-5-3-13(18)4-6-14/h2-9,19H,10H2,1H3. The van der Waals surface area contributed by atoms with Gasteiger partial charge < -0.3 is 9.73 Å². The summed E-state index contributed by atoms with van der Waals surface area (Å²) in [5, 5.41) is 4.09. The first-order valence-electron chi connectivity index (χ1n) is 6.65. The fourth-order valence-corrected chi connectivity index (χ4v) is 2.25. The normalized spacial score (nSPS) is 10.8. The van der Waals surface area contributed by atoms with Crippen LogP contribution in [0, 0.1) is 12.7 Å².